The molecule has 0 saturated heterocycles. The topological polar surface area (TPSA) is 412 Å². The Hall–Kier alpha value is -10.4. The molecule has 0 aliphatic rings. The van der Waals surface area contributed by atoms with Crippen molar-refractivity contribution in [2.24, 2.45) is 0 Å². The van der Waals surface area contributed by atoms with Gasteiger partial charge >= 0.3 is 150 Å². The summed E-state index contributed by atoms with van der Waals surface area (Å²) in [6, 6.07) is 0. The van der Waals surface area contributed by atoms with E-state index in [4.69, 9.17) is 113 Å². The van der Waals surface area contributed by atoms with E-state index in [9.17, 15) is 0 Å². The molecule has 0 N–H and O–H groups in total. The van der Waals surface area contributed by atoms with Crippen LogP contribution in [0.5, 0.6) is 0 Å². The highest BCUT2D eigenvalue weighted by atomic mass is 16.5. The average molecular weight is 1710 g/mol. The second-order valence-corrected chi connectivity index (χ2v) is 29.5. The third kappa shape index (κ3) is 54.9. The van der Waals surface area contributed by atoms with E-state index in [0.717, 1.165) is 0 Å². The second kappa shape index (κ2) is 66.1. The van der Waals surface area contributed by atoms with Crippen LogP contribution in [-0.2, 0) is 0 Å². The largest absolute Gasteiger partial charge is 0.907 e. The molecule has 672 valence electrons. The highest BCUT2D eigenvalue weighted by Crippen LogP contribution is 2.19. The van der Waals surface area contributed by atoms with Crippen LogP contribution in [0.1, 0.15) is 200 Å². The van der Waals surface area contributed by atoms with Gasteiger partial charge in [0, 0.05) is 134 Å². The smallest absolute Gasteiger partial charge is 0.321 e. The molecular formula is C96H132B4O24. The molecule has 12 rings (SSSR count). The Kier molecular flexibility index (Phi) is 63.9. The molecule has 0 unspecified atom stereocenters. The molecule has 0 spiro atoms. The van der Waals surface area contributed by atoms with Crippen molar-refractivity contribution in [3.63, 3.8) is 0 Å². The zero-order valence-electron chi connectivity index (χ0n) is 80.0. The van der Waals surface area contributed by atoms with Crippen molar-refractivity contribution in [2.75, 3.05) is 0 Å². The van der Waals surface area contributed by atoms with E-state index in [-0.39, 0.29) is 0 Å². The summed E-state index contributed by atoms with van der Waals surface area (Å²) in [4.78, 5) is 0. The van der Waals surface area contributed by atoms with Crippen LogP contribution in [0.3, 0.4) is 0 Å². The van der Waals surface area contributed by atoms with Gasteiger partial charge in [-0.15, -0.1) is 0 Å². The van der Waals surface area contributed by atoms with Crippen LogP contribution < -0.4 is 60.3 Å². The molecule has 0 radical (unpaired) electrons. The first-order valence-corrected chi connectivity index (χ1v) is 39.4. The normalized spacial score (nSPS) is 9.29. The highest BCUT2D eigenvalue weighted by Gasteiger charge is 2.11. The van der Waals surface area contributed by atoms with E-state index in [1.807, 2.05) is 166 Å². The lowest BCUT2D eigenvalue weighted by Crippen LogP contribution is -2.56. The molecule has 12 aromatic rings. The first-order valence-electron chi connectivity index (χ1n) is 39.4. The van der Waals surface area contributed by atoms with Crippen molar-refractivity contribution < 1.29 is 113 Å². The van der Waals surface area contributed by atoms with E-state index >= 15 is 0 Å². The van der Waals surface area contributed by atoms with Crippen LogP contribution in [0.15, 0.2) is 203 Å². The Labute approximate surface area is 738 Å². The Morgan fingerprint density at radius 2 is 0.137 bits per heavy atom. The minimum Gasteiger partial charge on any atom is -0.907 e. The van der Waals surface area contributed by atoms with Crippen molar-refractivity contribution >= 4 is 29.3 Å². The van der Waals surface area contributed by atoms with Gasteiger partial charge in [-0.25, -0.2) is 53.0 Å². The first-order chi connectivity index (χ1) is 57.5. The minimum absolute atomic E-state index is 1.22. The third-order valence-electron chi connectivity index (χ3n) is 20.1. The van der Waals surface area contributed by atoms with Crippen LogP contribution in [0.2, 0.25) is 0 Å². The van der Waals surface area contributed by atoms with Crippen molar-refractivity contribution in [1.82, 2.24) is 0 Å². The Bertz CT molecular complexity index is 3660. The van der Waals surface area contributed by atoms with Gasteiger partial charge in [-0.2, -0.15) is 0 Å². The monoisotopic (exact) mass is 1710 g/mol. The summed E-state index contributed by atoms with van der Waals surface area (Å²) in [6.45, 7) is 74.3. The fourth-order valence-electron chi connectivity index (χ4n) is 8.71. The van der Waals surface area contributed by atoms with Crippen LogP contribution in [0, 0.1) is 249 Å². The second-order valence-electron chi connectivity index (χ2n) is 29.5. The summed E-state index contributed by atoms with van der Waals surface area (Å²) in [5.41, 5.74) is 45.1. The van der Waals surface area contributed by atoms with E-state index in [0.29, 0.717) is 0 Å². The van der Waals surface area contributed by atoms with E-state index in [1.54, 1.807) is 150 Å². The molecule has 12 heterocycles. The molecule has 0 bridgehead atoms. The van der Waals surface area contributed by atoms with Gasteiger partial charge in [0.1, 0.15) is 0 Å². The molecular weight excluding hydrogens is 1580 g/mol. The molecule has 0 atom stereocenters. The molecule has 0 fully saturated rings. The van der Waals surface area contributed by atoms with Crippen LogP contribution in [-0.4, -0.2) is 29.3 Å². The Morgan fingerprint density at radius 3 is 0.161 bits per heavy atom. The minimum atomic E-state index is -2.92. The van der Waals surface area contributed by atoms with Gasteiger partial charge in [-0.05, 0) is 316 Å². The molecule has 124 heavy (non-hydrogen) atoms. The zero-order valence-corrected chi connectivity index (χ0v) is 80.0. The van der Waals surface area contributed by atoms with E-state index < -0.39 is 29.3 Å². The number of rotatable bonds is 0. The summed E-state index contributed by atoms with van der Waals surface area (Å²) >= 11 is 0. The van der Waals surface area contributed by atoms with Crippen molar-refractivity contribution in [3.05, 3.63) is 351 Å². The van der Waals surface area contributed by atoms with Gasteiger partial charge in [-0.3, -0.25) is 29.3 Å². The lowest BCUT2D eigenvalue weighted by atomic mass is 10.1. The summed E-state index contributed by atoms with van der Waals surface area (Å²) in [7, 11) is -11.7. The highest BCUT2D eigenvalue weighted by molar-refractivity contribution is 6.24. The lowest BCUT2D eigenvalue weighted by molar-refractivity contribution is -0.481. The quantitative estimate of drug-likeness (QED) is 0.100. The summed E-state index contributed by atoms with van der Waals surface area (Å²) < 4.78 is 60.2. The molecule has 0 aliphatic carbocycles. The van der Waals surface area contributed by atoms with E-state index in [2.05, 4.69) is 83.1 Å². The van der Waals surface area contributed by atoms with E-state index in [1.165, 1.54) is 200 Å². The van der Waals surface area contributed by atoms with Gasteiger partial charge in [0.2, 0.25) is 0 Å². The van der Waals surface area contributed by atoms with Gasteiger partial charge in [0.15, 0.2) is 0 Å². The fourth-order valence-corrected chi connectivity index (χ4v) is 8.71. The predicted octanol–water partition coefficient (Wildman–Crippen LogP) is 14.0. The maximum absolute atomic E-state index is 8.42. The molecule has 0 aromatic carbocycles. The van der Waals surface area contributed by atoms with Gasteiger partial charge in [0.05, 0.1) is 0 Å². The summed E-state index contributed by atoms with van der Waals surface area (Å²) in [5, 5.41) is 101. The fraction of sp³-hybridized carbons (Fsp3) is 0.375. The van der Waals surface area contributed by atoms with Crippen LogP contribution in [0.4, 0.5) is 0 Å². The first kappa shape index (κ1) is 120. The molecule has 0 aliphatic heterocycles. The van der Waals surface area contributed by atoms with Crippen molar-refractivity contribution in [2.45, 2.75) is 249 Å². The standard InChI is InChI=1S/12C8H11O.4BO3/c12*1-6-4-9-5-7(2)8(6)3;4*2-1(3)4/h12*4-5H,1-3H3;;;;/q12*+1;4*-3. The zero-order chi connectivity index (χ0) is 96.5. The molecule has 28 heteroatoms. The Morgan fingerprint density at radius 1 is 0.105 bits per heavy atom. The molecule has 0 saturated carbocycles. The van der Waals surface area contributed by atoms with Gasteiger partial charge in [0.25, 0.3) is 0 Å². The SMILES string of the molecule is Cc1c[o+]cc(C)c1C.Cc1c[o+]cc(C)c1C.Cc1c[o+]cc(C)c1C.Cc1c[o+]cc(C)c1C.Cc1c[o+]cc(C)c1C.Cc1c[o+]cc(C)c1C.Cc1c[o+]cc(C)c1C.Cc1c[o+]cc(C)c1C.Cc1c[o+]cc(C)c1C.Cc1c[o+]cc(C)c1C.Cc1c[o+]cc(C)c1C.Cc1c[o+]cc(C)c1C.[O-]B([O-])[O-].[O-]B([O-])[O-].[O-]B([O-])[O-].[O-]B([O-])[O-]. The summed E-state index contributed by atoms with van der Waals surface area (Å²) in [6.07, 6.45) is 42.4. The lowest BCUT2D eigenvalue weighted by Gasteiger charge is -2.35. The average Bonchev–Trinajstić information content (AvgIpc) is 1.01. The predicted molar refractivity (Wildman–Crippen MR) is 471 cm³/mol. The molecule has 0 amide bonds. The van der Waals surface area contributed by atoms with Crippen LogP contribution in [0.25, 0.3) is 0 Å². The Balaban J connectivity index is -0.000000623. The maximum Gasteiger partial charge on any atom is 0.321 e. The molecule has 24 nitrogen and oxygen atoms in total. The van der Waals surface area contributed by atoms with Crippen molar-refractivity contribution in [3.8, 4) is 0 Å². The third-order valence-corrected chi connectivity index (χ3v) is 20.1. The van der Waals surface area contributed by atoms with Gasteiger partial charge < -0.3 is 60.3 Å². The van der Waals surface area contributed by atoms with Crippen molar-refractivity contribution in [1.29, 1.82) is 0 Å². The van der Waals surface area contributed by atoms with Gasteiger partial charge in [-0.1, -0.05) is 0 Å². The molecule has 12 aromatic heterocycles. The summed E-state index contributed by atoms with van der Waals surface area (Å²) in [5.74, 6) is 0. The number of hydrogen-bond donors (Lipinski definition) is 0. The number of aryl methyl sites for hydroxylation is 24. The number of hydrogen-bond acceptors (Lipinski definition) is 12. The van der Waals surface area contributed by atoms with Crippen LogP contribution >= 0.6 is 0 Å². The maximum atomic E-state index is 8.42.